The van der Waals surface area contributed by atoms with Crippen molar-refractivity contribution in [3.63, 3.8) is 0 Å². The van der Waals surface area contributed by atoms with E-state index in [2.05, 4.69) is 25.6 Å². The second-order valence-corrected chi connectivity index (χ2v) is 7.07. The Morgan fingerprint density at radius 3 is 2.79 bits per heavy atom. The highest BCUT2D eigenvalue weighted by molar-refractivity contribution is 5.88. The maximum absolute atomic E-state index is 12.9. The Balaban J connectivity index is 1.93. The third-order valence-corrected chi connectivity index (χ3v) is 5.63. The van der Waals surface area contributed by atoms with Gasteiger partial charge in [0.2, 0.25) is 11.8 Å². The summed E-state index contributed by atoms with van der Waals surface area (Å²) in [6.07, 6.45) is 5.67. The van der Waals surface area contributed by atoms with Crippen molar-refractivity contribution in [2.45, 2.75) is 57.2 Å². The maximum Gasteiger partial charge on any atom is 0.246 e. The van der Waals surface area contributed by atoms with Crippen molar-refractivity contribution in [3.8, 4) is 0 Å². The molecule has 0 saturated carbocycles. The van der Waals surface area contributed by atoms with Gasteiger partial charge in [0.15, 0.2) is 0 Å². The second kappa shape index (κ2) is 6.80. The van der Waals surface area contributed by atoms with Gasteiger partial charge in [-0.25, -0.2) is 0 Å². The summed E-state index contributed by atoms with van der Waals surface area (Å²) in [6, 6.07) is 10.2. The highest BCUT2D eigenvalue weighted by Crippen LogP contribution is 2.39. The Morgan fingerprint density at radius 2 is 2.08 bits per heavy atom. The fourth-order valence-electron chi connectivity index (χ4n) is 4.24. The van der Waals surface area contributed by atoms with Crippen LogP contribution in [-0.4, -0.2) is 39.7 Å². The number of rotatable bonds is 3. The average Bonchev–Trinajstić information content (AvgIpc) is 2.92. The van der Waals surface area contributed by atoms with Crippen LogP contribution in [0.1, 0.15) is 44.6 Å². The Morgan fingerprint density at radius 1 is 1.33 bits per heavy atom. The summed E-state index contributed by atoms with van der Waals surface area (Å²) in [6.45, 7) is 7.10. The van der Waals surface area contributed by atoms with Gasteiger partial charge in [-0.05, 0) is 37.8 Å². The van der Waals surface area contributed by atoms with E-state index in [-0.39, 0.29) is 23.4 Å². The van der Waals surface area contributed by atoms with Gasteiger partial charge in [0.1, 0.15) is 0 Å². The number of fused-ring (bicyclic) bond motifs is 1. The van der Waals surface area contributed by atoms with Gasteiger partial charge in [0, 0.05) is 19.5 Å². The van der Waals surface area contributed by atoms with E-state index in [1.807, 2.05) is 28.0 Å². The Kier molecular flexibility index (Phi) is 4.74. The molecule has 4 heteroatoms. The maximum atomic E-state index is 12.9. The molecular formula is C20H26N2O2. The number of amides is 2. The first-order valence-electron chi connectivity index (χ1n) is 8.83. The Bertz CT molecular complexity index is 628. The first kappa shape index (κ1) is 16.7. The minimum atomic E-state index is -0.300. The van der Waals surface area contributed by atoms with Gasteiger partial charge in [-0.3, -0.25) is 9.59 Å². The van der Waals surface area contributed by atoms with Crippen molar-refractivity contribution in [1.82, 2.24) is 9.80 Å². The quantitative estimate of drug-likeness (QED) is 0.801. The SMILES string of the molecule is C=CC(=O)N1CC[C@@]2(C)[C@@H]1CCCCC(=O)N2Cc1ccccc1. The number of likely N-dealkylation sites (tertiary alicyclic amines) is 2. The van der Waals surface area contributed by atoms with Crippen LogP contribution in [0.3, 0.4) is 0 Å². The van der Waals surface area contributed by atoms with Crippen LogP contribution >= 0.6 is 0 Å². The summed E-state index contributed by atoms with van der Waals surface area (Å²) < 4.78 is 0. The van der Waals surface area contributed by atoms with Gasteiger partial charge in [0.05, 0.1) is 11.6 Å². The van der Waals surface area contributed by atoms with Crippen molar-refractivity contribution in [3.05, 3.63) is 48.6 Å². The van der Waals surface area contributed by atoms with Gasteiger partial charge < -0.3 is 9.80 Å². The monoisotopic (exact) mass is 326 g/mol. The number of nitrogens with zero attached hydrogens (tertiary/aromatic N) is 2. The van der Waals surface area contributed by atoms with E-state index in [0.29, 0.717) is 19.5 Å². The molecule has 1 aromatic carbocycles. The number of hydrogen-bond acceptors (Lipinski definition) is 2. The fourth-order valence-corrected chi connectivity index (χ4v) is 4.24. The van der Waals surface area contributed by atoms with Crippen LogP contribution in [-0.2, 0) is 16.1 Å². The van der Waals surface area contributed by atoms with E-state index in [1.54, 1.807) is 0 Å². The molecule has 2 amide bonds. The molecule has 2 aliphatic rings. The zero-order chi connectivity index (χ0) is 17.2. The molecule has 1 aromatic rings. The van der Waals surface area contributed by atoms with Crippen LogP contribution in [0.5, 0.6) is 0 Å². The van der Waals surface area contributed by atoms with Crippen LogP contribution in [0.4, 0.5) is 0 Å². The lowest BCUT2D eigenvalue weighted by Gasteiger charge is -2.45. The molecule has 24 heavy (non-hydrogen) atoms. The third kappa shape index (κ3) is 2.97. The average molecular weight is 326 g/mol. The summed E-state index contributed by atoms with van der Waals surface area (Å²) in [4.78, 5) is 29.1. The molecular weight excluding hydrogens is 300 g/mol. The Labute approximate surface area is 144 Å². The van der Waals surface area contributed by atoms with E-state index in [4.69, 9.17) is 0 Å². The zero-order valence-corrected chi connectivity index (χ0v) is 14.4. The fraction of sp³-hybridized carbons (Fsp3) is 0.500. The third-order valence-electron chi connectivity index (χ3n) is 5.63. The molecule has 0 aliphatic carbocycles. The highest BCUT2D eigenvalue weighted by Gasteiger charge is 2.50. The number of carbonyl (C=O) groups excluding carboxylic acids is 2. The highest BCUT2D eigenvalue weighted by atomic mass is 16.2. The minimum Gasteiger partial charge on any atom is -0.334 e. The van der Waals surface area contributed by atoms with Crippen LogP contribution in [0.25, 0.3) is 0 Å². The number of benzene rings is 1. The molecule has 2 heterocycles. The summed E-state index contributed by atoms with van der Waals surface area (Å²) in [5.41, 5.74) is 0.839. The molecule has 0 bridgehead atoms. The lowest BCUT2D eigenvalue weighted by Crippen LogP contribution is -2.57. The topological polar surface area (TPSA) is 40.6 Å². The number of hydrogen-bond donors (Lipinski definition) is 0. The van der Waals surface area contributed by atoms with E-state index in [1.165, 1.54) is 6.08 Å². The van der Waals surface area contributed by atoms with E-state index in [0.717, 1.165) is 31.2 Å². The standard InChI is InChI=1S/C20H26N2O2/c1-3-18(23)21-14-13-20(2)17(21)11-7-8-12-19(24)22(20)15-16-9-5-4-6-10-16/h3-6,9-10,17H,1,7-8,11-15H2,2H3/t17-,20-/m0/s1. The lowest BCUT2D eigenvalue weighted by molar-refractivity contribution is -0.142. The molecule has 128 valence electrons. The second-order valence-electron chi connectivity index (χ2n) is 7.07. The van der Waals surface area contributed by atoms with Gasteiger partial charge in [-0.1, -0.05) is 43.3 Å². The van der Waals surface area contributed by atoms with Gasteiger partial charge in [-0.2, -0.15) is 0 Å². The lowest BCUT2D eigenvalue weighted by atomic mass is 9.84. The van der Waals surface area contributed by atoms with Crippen molar-refractivity contribution >= 4 is 11.8 Å². The summed E-state index contributed by atoms with van der Waals surface area (Å²) in [7, 11) is 0. The molecule has 3 rings (SSSR count). The smallest absolute Gasteiger partial charge is 0.246 e. The first-order chi connectivity index (χ1) is 11.6. The van der Waals surface area contributed by atoms with Gasteiger partial charge in [0.25, 0.3) is 0 Å². The summed E-state index contributed by atoms with van der Waals surface area (Å²) >= 11 is 0. The molecule has 4 nitrogen and oxygen atoms in total. The molecule has 0 radical (unpaired) electrons. The summed E-state index contributed by atoms with van der Waals surface area (Å²) in [5, 5.41) is 0. The molecule has 0 aromatic heterocycles. The van der Waals surface area contributed by atoms with Gasteiger partial charge in [-0.15, -0.1) is 0 Å². The zero-order valence-electron chi connectivity index (χ0n) is 14.4. The largest absolute Gasteiger partial charge is 0.334 e. The predicted molar refractivity (Wildman–Crippen MR) is 94.2 cm³/mol. The predicted octanol–water partition coefficient (Wildman–Crippen LogP) is 3.13. The van der Waals surface area contributed by atoms with Crippen molar-refractivity contribution in [2.24, 2.45) is 0 Å². The molecule has 2 aliphatic heterocycles. The molecule has 2 atom stereocenters. The van der Waals surface area contributed by atoms with Crippen LogP contribution in [0.15, 0.2) is 43.0 Å². The molecule has 0 spiro atoms. The van der Waals surface area contributed by atoms with Crippen LogP contribution < -0.4 is 0 Å². The van der Waals surface area contributed by atoms with Crippen molar-refractivity contribution < 1.29 is 9.59 Å². The first-order valence-corrected chi connectivity index (χ1v) is 8.83. The minimum absolute atomic E-state index is 0.0172. The van der Waals surface area contributed by atoms with Crippen molar-refractivity contribution in [2.75, 3.05) is 6.54 Å². The van der Waals surface area contributed by atoms with E-state index < -0.39 is 0 Å². The van der Waals surface area contributed by atoms with Crippen molar-refractivity contribution in [1.29, 1.82) is 0 Å². The summed E-state index contributed by atoms with van der Waals surface area (Å²) in [5.74, 6) is 0.190. The molecule has 2 fully saturated rings. The molecule has 0 unspecified atom stereocenters. The van der Waals surface area contributed by atoms with Gasteiger partial charge >= 0.3 is 0 Å². The van der Waals surface area contributed by atoms with Crippen LogP contribution in [0.2, 0.25) is 0 Å². The Hall–Kier alpha value is -2.10. The van der Waals surface area contributed by atoms with E-state index >= 15 is 0 Å². The molecule has 2 saturated heterocycles. The normalized spacial score (nSPS) is 27.4. The molecule has 0 N–H and O–H groups in total. The number of carbonyl (C=O) groups is 2. The van der Waals surface area contributed by atoms with E-state index in [9.17, 15) is 9.59 Å². The van der Waals surface area contributed by atoms with Crippen LogP contribution in [0, 0.1) is 0 Å².